The minimum atomic E-state index is -1.51. The number of Topliss-reactive ketones (excluding diaryl/α,β-unsaturated/α-hetero) is 1. The number of amides is 2. The molecule has 3 unspecified atom stereocenters. The van der Waals surface area contributed by atoms with Crippen molar-refractivity contribution in [3.05, 3.63) is 70.6 Å². The maximum Gasteiger partial charge on any atom is 0.262 e. The van der Waals surface area contributed by atoms with Gasteiger partial charge in [0.15, 0.2) is 5.78 Å². The van der Waals surface area contributed by atoms with E-state index in [9.17, 15) is 14.4 Å². The number of hydrogen-bond donors (Lipinski definition) is 4. The fraction of sp³-hybridized carbons (Fsp3) is 0.321. The number of nitrogen functional groups attached to an aromatic ring is 1. The van der Waals surface area contributed by atoms with E-state index in [0.29, 0.717) is 50.4 Å². The summed E-state index contributed by atoms with van der Waals surface area (Å²) in [5, 5.41) is 3.71. The van der Waals surface area contributed by atoms with Crippen LogP contribution in [0.5, 0.6) is 0 Å². The quantitative estimate of drug-likeness (QED) is 0.291. The van der Waals surface area contributed by atoms with Crippen LogP contribution in [0.25, 0.3) is 10.1 Å². The number of nitrogens with one attached hydrogen (secondary N) is 1. The smallest absolute Gasteiger partial charge is 0.262 e. The van der Waals surface area contributed by atoms with Gasteiger partial charge in [0.05, 0.1) is 15.6 Å². The first-order valence-corrected chi connectivity index (χ1v) is 13.3. The van der Waals surface area contributed by atoms with Gasteiger partial charge in [0.25, 0.3) is 5.91 Å². The molecular formula is C28H32N6O3S. The van der Waals surface area contributed by atoms with Gasteiger partial charge >= 0.3 is 0 Å². The first-order valence-electron chi connectivity index (χ1n) is 12.5. The molecule has 198 valence electrons. The Labute approximate surface area is 225 Å². The molecule has 2 amide bonds. The largest absolute Gasteiger partial charge is 0.398 e. The zero-order valence-electron chi connectivity index (χ0n) is 21.5. The van der Waals surface area contributed by atoms with E-state index >= 15 is 0 Å². The van der Waals surface area contributed by atoms with Gasteiger partial charge in [0.2, 0.25) is 5.91 Å². The normalized spacial score (nSPS) is 22.8. The van der Waals surface area contributed by atoms with Gasteiger partial charge in [0, 0.05) is 55.6 Å². The third kappa shape index (κ3) is 3.96. The second-order valence-electron chi connectivity index (χ2n) is 10.1. The first kappa shape index (κ1) is 25.9. The summed E-state index contributed by atoms with van der Waals surface area (Å²) >= 11 is 1.22. The number of ketones is 1. The number of carbonyl (C=O) groups excluding carboxylic acids is 3. The number of nitrogens with zero attached hydrogens (tertiary/aromatic N) is 2. The molecule has 2 heterocycles. The number of hydrogen-bond acceptors (Lipinski definition) is 8. The Balaban J connectivity index is 1.60. The van der Waals surface area contributed by atoms with Gasteiger partial charge in [-0.15, -0.1) is 11.3 Å². The lowest BCUT2D eigenvalue weighted by atomic mass is 9.70. The Morgan fingerprint density at radius 3 is 2.74 bits per heavy atom. The molecule has 9 nitrogen and oxygen atoms in total. The van der Waals surface area contributed by atoms with Crippen LogP contribution in [0.15, 0.2) is 49.1 Å². The number of carbonyl (C=O) groups is 3. The highest BCUT2D eigenvalue weighted by Gasteiger charge is 2.49. The second kappa shape index (κ2) is 9.54. The van der Waals surface area contributed by atoms with Crippen LogP contribution in [0.4, 0.5) is 11.4 Å². The van der Waals surface area contributed by atoms with Crippen molar-refractivity contribution in [2.45, 2.75) is 30.5 Å². The minimum Gasteiger partial charge on any atom is -0.398 e. The van der Waals surface area contributed by atoms with Gasteiger partial charge in [-0.25, -0.2) is 0 Å². The van der Waals surface area contributed by atoms with Gasteiger partial charge in [-0.05, 0) is 48.2 Å². The van der Waals surface area contributed by atoms with Crippen LogP contribution < -0.4 is 27.4 Å². The predicted octanol–water partition coefficient (Wildman–Crippen LogP) is 2.24. The molecule has 0 saturated carbocycles. The van der Waals surface area contributed by atoms with E-state index in [1.165, 1.54) is 17.4 Å². The Morgan fingerprint density at radius 1 is 1.26 bits per heavy atom. The summed E-state index contributed by atoms with van der Waals surface area (Å²) < 4.78 is 0.677. The molecular weight excluding hydrogens is 500 g/mol. The summed E-state index contributed by atoms with van der Waals surface area (Å²) in [5.41, 5.74) is 21.4. The van der Waals surface area contributed by atoms with Gasteiger partial charge in [-0.2, -0.15) is 0 Å². The molecule has 1 saturated heterocycles. The topological polar surface area (TPSA) is 148 Å². The van der Waals surface area contributed by atoms with Crippen molar-refractivity contribution in [1.82, 2.24) is 10.2 Å². The van der Waals surface area contributed by atoms with Crippen molar-refractivity contribution in [2.75, 3.05) is 37.8 Å². The molecule has 1 fully saturated rings. The second-order valence-corrected chi connectivity index (χ2v) is 11.2. The van der Waals surface area contributed by atoms with Crippen LogP contribution >= 0.6 is 11.3 Å². The van der Waals surface area contributed by atoms with Crippen molar-refractivity contribution in [3.8, 4) is 0 Å². The van der Waals surface area contributed by atoms with Gasteiger partial charge < -0.3 is 32.3 Å². The van der Waals surface area contributed by atoms with E-state index in [-0.39, 0.29) is 23.6 Å². The van der Waals surface area contributed by atoms with Gasteiger partial charge in [0.1, 0.15) is 5.54 Å². The van der Waals surface area contributed by atoms with Crippen molar-refractivity contribution < 1.29 is 14.4 Å². The molecule has 2 aliphatic rings. The zero-order valence-corrected chi connectivity index (χ0v) is 22.3. The highest BCUT2D eigenvalue weighted by Crippen LogP contribution is 2.49. The Hall–Kier alpha value is -3.73. The van der Waals surface area contributed by atoms with Crippen LogP contribution in [0.2, 0.25) is 0 Å². The Morgan fingerprint density at radius 2 is 2.03 bits per heavy atom. The zero-order chi connectivity index (χ0) is 27.4. The number of thiophene rings is 1. The molecule has 0 radical (unpaired) electrons. The lowest BCUT2D eigenvalue weighted by Gasteiger charge is -2.37. The number of anilines is 2. The molecule has 2 aromatic carbocycles. The van der Waals surface area contributed by atoms with E-state index < -0.39 is 11.6 Å². The molecule has 0 spiro atoms. The Kier molecular flexibility index (Phi) is 6.50. The third-order valence-electron chi connectivity index (χ3n) is 7.58. The lowest BCUT2D eigenvalue weighted by molar-refractivity contribution is -0.127. The van der Waals surface area contributed by atoms with Crippen LogP contribution in [0, 0.1) is 0 Å². The fourth-order valence-electron chi connectivity index (χ4n) is 5.55. The summed E-state index contributed by atoms with van der Waals surface area (Å²) in [6.45, 7) is 4.57. The highest BCUT2D eigenvalue weighted by atomic mass is 32.1. The van der Waals surface area contributed by atoms with Crippen molar-refractivity contribution >= 4 is 50.4 Å². The number of likely N-dealkylation sites (tertiary alicyclic amines) is 1. The van der Waals surface area contributed by atoms with E-state index in [4.69, 9.17) is 17.2 Å². The third-order valence-corrected chi connectivity index (χ3v) is 8.83. The summed E-state index contributed by atoms with van der Waals surface area (Å²) in [6.07, 6.45) is 2.78. The minimum absolute atomic E-state index is 0.163. The maximum absolute atomic E-state index is 14.0. The van der Waals surface area contributed by atoms with E-state index in [2.05, 4.69) is 11.9 Å². The molecule has 1 aliphatic carbocycles. The van der Waals surface area contributed by atoms with Crippen LogP contribution in [0.3, 0.4) is 0 Å². The monoisotopic (exact) mass is 532 g/mol. The fourth-order valence-corrected chi connectivity index (χ4v) is 6.75. The molecule has 10 heteroatoms. The molecule has 1 aliphatic heterocycles. The van der Waals surface area contributed by atoms with Crippen LogP contribution in [-0.2, 0) is 15.1 Å². The number of rotatable bonds is 5. The summed E-state index contributed by atoms with van der Waals surface area (Å²) in [7, 11) is 3.83. The molecule has 5 rings (SSSR count). The average molecular weight is 533 g/mol. The van der Waals surface area contributed by atoms with Crippen LogP contribution in [0.1, 0.15) is 45.2 Å². The summed E-state index contributed by atoms with van der Waals surface area (Å²) in [4.78, 5) is 43.6. The summed E-state index contributed by atoms with van der Waals surface area (Å²) in [6, 6.07) is 9.65. The number of piperidine rings is 1. The van der Waals surface area contributed by atoms with Crippen molar-refractivity contribution in [3.63, 3.8) is 0 Å². The van der Waals surface area contributed by atoms with E-state index in [1.54, 1.807) is 17.0 Å². The predicted molar refractivity (Wildman–Crippen MR) is 151 cm³/mol. The lowest BCUT2D eigenvalue weighted by Crippen LogP contribution is -2.53. The number of nitrogens with two attached hydrogens (primary N) is 3. The first-order chi connectivity index (χ1) is 18.1. The van der Waals surface area contributed by atoms with Gasteiger partial charge in [-0.3, -0.25) is 14.4 Å². The Bertz CT molecular complexity index is 1480. The molecule has 3 atom stereocenters. The van der Waals surface area contributed by atoms with Gasteiger partial charge in [-0.1, -0.05) is 24.8 Å². The molecule has 1 aromatic heterocycles. The summed E-state index contributed by atoms with van der Waals surface area (Å²) in [5.74, 6) is -0.893. The number of benzene rings is 2. The van der Waals surface area contributed by atoms with Crippen molar-refractivity contribution in [2.24, 2.45) is 11.5 Å². The SMILES string of the molecule is C=CC(=O)N1CCCC(NC(=O)c2sc3c(N)ccc4c3c2C(N)C(=O)C4(N)c2cccc(N(C)C)c2)C1. The van der Waals surface area contributed by atoms with E-state index in [1.807, 2.05) is 43.3 Å². The highest BCUT2D eigenvalue weighted by molar-refractivity contribution is 7.21. The van der Waals surface area contributed by atoms with Crippen molar-refractivity contribution in [1.29, 1.82) is 0 Å². The molecule has 3 aromatic rings. The van der Waals surface area contributed by atoms with Crippen LogP contribution in [-0.4, -0.2) is 55.7 Å². The average Bonchev–Trinajstić information content (AvgIpc) is 3.33. The molecule has 7 N–H and O–H groups in total. The molecule has 0 bridgehead atoms. The maximum atomic E-state index is 14.0. The van der Waals surface area contributed by atoms with E-state index in [0.717, 1.165) is 18.5 Å². The standard InChI is InChI=1S/C28H32N6O3S/c1-4-20(35)34-12-6-8-16(14-34)32-27(37)25-22-21-18(10-11-19(29)24(21)38-25)28(31,26(36)23(22)30)15-7-5-9-17(13-15)33(2)3/h4-5,7,9-11,13,16,23H,1,6,8,12,14,29-31H2,2-3H3,(H,32,37). The molecule has 38 heavy (non-hydrogen) atoms.